The van der Waals surface area contributed by atoms with Crippen molar-refractivity contribution < 1.29 is 9.47 Å². The van der Waals surface area contributed by atoms with Gasteiger partial charge in [-0.1, -0.05) is 19.9 Å². The van der Waals surface area contributed by atoms with E-state index >= 15 is 0 Å². The summed E-state index contributed by atoms with van der Waals surface area (Å²) < 4.78 is 10.4. The van der Waals surface area contributed by atoms with Gasteiger partial charge in [0.25, 0.3) is 0 Å². The fourth-order valence-corrected chi connectivity index (χ4v) is 1.48. The highest BCUT2D eigenvalue weighted by Gasteiger charge is 2.05. The van der Waals surface area contributed by atoms with Gasteiger partial charge in [-0.2, -0.15) is 0 Å². The van der Waals surface area contributed by atoms with Gasteiger partial charge in [0.05, 0.1) is 14.2 Å². The Kier molecular flexibility index (Phi) is 7.82. The Labute approximate surface area is 104 Å². The Morgan fingerprint density at radius 1 is 1.06 bits per heavy atom. The molecule has 0 spiro atoms. The van der Waals surface area contributed by atoms with Crippen molar-refractivity contribution in [1.29, 1.82) is 0 Å². The zero-order valence-electron chi connectivity index (χ0n) is 10.7. The molecule has 0 bridgehead atoms. The van der Waals surface area contributed by atoms with Gasteiger partial charge in [-0.3, -0.25) is 0 Å². The fraction of sp³-hybridized carbons (Fsp3) is 0.538. The molecule has 1 aromatic rings. The van der Waals surface area contributed by atoms with Crippen molar-refractivity contribution in [3.8, 4) is 11.5 Å². The van der Waals surface area contributed by atoms with E-state index in [4.69, 9.17) is 9.47 Å². The average Bonchev–Trinajstić information content (AvgIpc) is 2.30. The van der Waals surface area contributed by atoms with Gasteiger partial charge in [-0.25, -0.2) is 0 Å². The number of benzene rings is 1. The first-order valence-electron chi connectivity index (χ1n) is 5.26. The lowest BCUT2D eigenvalue weighted by Crippen LogP contribution is -1.96. The molecule has 0 aliphatic carbocycles. The predicted molar refractivity (Wildman–Crippen MR) is 69.9 cm³/mol. The molecule has 0 N–H and O–H groups in total. The monoisotopic (exact) mass is 244 g/mol. The van der Waals surface area contributed by atoms with Gasteiger partial charge in [0.1, 0.15) is 0 Å². The average molecular weight is 245 g/mol. The third-order valence-electron chi connectivity index (χ3n) is 2.09. The topological polar surface area (TPSA) is 18.5 Å². The Balaban J connectivity index is 0.00000106. The van der Waals surface area contributed by atoms with Crippen LogP contribution >= 0.6 is 11.6 Å². The zero-order chi connectivity index (χ0) is 12.6. The Hall–Kier alpha value is -0.890. The Morgan fingerprint density at radius 3 is 2.06 bits per heavy atom. The van der Waals surface area contributed by atoms with Gasteiger partial charge in [0, 0.05) is 6.38 Å². The molecule has 92 valence electrons. The van der Waals surface area contributed by atoms with Crippen molar-refractivity contribution in [3.05, 3.63) is 23.8 Å². The third kappa shape index (κ3) is 4.75. The molecule has 0 fully saturated rings. The van der Waals surface area contributed by atoms with Crippen molar-refractivity contribution in [2.75, 3.05) is 20.6 Å². The number of methoxy groups -OCH3 is 2. The lowest BCUT2D eigenvalue weighted by atomic mass is 10.0. The summed E-state index contributed by atoms with van der Waals surface area (Å²) in [6.07, 6.45) is 2.54. The van der Waals surface area contributed by atoms with Gasteiger partial charge in [0.15, 0.2) is 11.5 Å². The van der Waals surface area contributed by atoms with Crippen LogP contribution in [-0.2, 0) is 6.42 Å². The maximum absolute atomic E-state index is 5.23. The summed E-state index contributed by atoms with van der Waals surface area (Å²) in [5, 5.41) is 0. The van der Waals surface area contributed by atoms with E-state index in [9.17, 15) is 0 Å². The minimum absolute atomic E-state index is 0.660. The van der Waals surface area contributed by atoms with Gasteiger partial charge < -0.3 is 9.47 Å². The van der Waals surface area contributed by atoms with Crippen LogP contribution < -0.4 is 9.47 Å². The molecule has 0 saturated carbocycles. The van der Waals surface area contributed by atoms with Crippen molar-refractivity contribution in [3.63, 3.8) is 0 Å². The van der Waals surface area contributed by atoms with Crippen LogP contribution in [0.3, 0.4) is 0 Å². The quantitative estimate of drug-likeness (QED) is 0.751. The van der Waals surface area contributed by atoms with Gasteiger partial charge in [-0.15, -0.1) is 11.6 Å². The van der Waals surface area contributed by atoms with Crippen LogP contribution in [0, 0.1) is 5.92 Å². The molecule has 0 aliphatic heterocycles. The summed E-state index contributed by atoms with van der Waals surface area (Å²) in [5.41, 5.74) is 1.29. The SMILES string of the molecule is CCl.COc1ccc(CC(C)C)cc1OC. The molecule has 1 rings (SSSR count). The van der Waals surface area contributed by atoms with Gasteiger partial charge in [0.2, 0.25) is 0 Å². The molecule has 2 nitrogen and oxygen atoms in total. The maximum atomic E-state index is 5.23. The highest BCUT2D eigenvalue weighted by molar-refractivity contribution is 6.15. The van der Waals surface area contributed by atoms with E-state index in [0.29, 0.717) is 5.92 Å². The first-order valence-corrected chi connectivity index (χ1v) is 6.01. The van der Waals surface area contributed by atoms with Crippen LogP contribution in [0.5, 0.6) is 11.5 Å². The van der Waals surface area contributed by atoms with E-state index in [1.54, 1.807) is 14.2 Å². The summed E-state index contributed by atoms with van der Waals surface area (Å²) in [5.74, 6) is 2.26. The summed E-state index contributed by atoms with van der Waals surface area (Å²) in [6.45, 7) is 4.41. The highest BCUT2D eigenvalue weighted by Crippen LogP contribution is 2.28. The number of rotatable bonds is 4. The zero-order valence-corrected chi connectivity index (χ0v) is 11.5. The number of alkyl halides is 1. The van der Waals surface area contributed by atoms with Crippen LogP contribution in [-0.4, -0.2) is 20.6 Å². The van der Waals surface area contributed by atoms with E-state index < -0.39 is 0 Å². The molecule has 0 saturated heterocycles. The first kappa shape index (κ1) is 15.1. The summed E-state index contributed by atoms with van der Waals surface area (Å²) in [4.78, 5) is 0. The van der Waals surface area contributed by atoms with Crippen LogP contribution in [0.25, 0.3) is 0 Å². The number of ether oxygens (including phenoxy) is 2. The molecular weight excluding hydrogens is 224 g/mol. The van der Waals surface area contributed by atoms with E-state index in [1.165, 1.54) is 11.9 Å². The van der Waals surface area contributed by atoms with Gasteiger partial charge in [-0.05, 0) is 30.0 Å². The highest BCUT2D eigenvalue weighted by atomic mass is 35.5. The summed E-state index contributed by atoms with van der Waals surface area (Å²) >= 11 is 4.64. The van der Waals surface area contributed by atoms with Crippen LogP contribution in [0.2, 0.25) is 0 Å². The number of hydrogen-bond donors (Lipinski definition) is 0. The minimum atomic E-state index is 0.660. The standard InChI is InChI=1S/C12H18O2.CH3Cl/c1-9(2)7-10-5-6-11(13-3)12(8-10)14-4;1-2/h5-6,8-9H,7H2,1-4H3;1H3. The smallest absolute Gasteiger partial charge is 0.160 e. The van der Waals surface area contributed by atoms with Gasteiger partial charge >= 0.3 is 0 Å². The molecule has 0 radical (unpaired) electrons. The summed E-state index contributed by atoms with van der Waals surface area (Å²) in [7, 11) is 3.32. The van der Waals surface area contributed by atoms with Crippen LogP contribution in [0.15, 0.2) is 18.2 Å². The maximum Gasteiger partial charge on any atom is 0.160 e. The van der Waals surface area contributed by atoms with E-state index in [-0.39, 0.29) is 0 Å². The van der Waals surface area contributed by atoms with E-state index in [0.717, 1.165) is 17.9 Å². The van der Waals surface area contributed by atoms with Crippen molar-refractivity contribution in [1.82, 2.24) is 0 Å². The Bertz CT molecular complexity index is 298. The second kappa shape index (κ2) is 8.28. The largest absolute Gasteiger partial charge is 0.493 e. The fourth-order valence-electron chi connectivity index (χ4n) is 1.48. The number of hydrogen-bond acceptors (Lipinski definition) is 2. The molecule has 0 unspecified atom stereocenters. The molecule has 0 atom stereocenters. The van der Waals surface area contributed by atoms with E-state index in [2.05, 4.69) is 31.5 Å². The Morgan fingerprint density at radius 2 is 1.62 bits per heavy atom. The molecule has 3 heteroatoms. The lowest BCUT2D eigenvalue weighted by Gasteiger charge is -2.10. The van der Waals surface area contributed by atoms with Crippen molar-refractivity contribution >= 4 is 11.6 Å². The normalized spacial score (nSPS) is 9.44. The second-order valence-corrected chi connectivity index (χ2v) is 3.79. The van der Waals surface area contributed by atoms with Crippen molar-refractivity contribution in [2.45, 2.75) is 20.3 Å². The molecule has 0 aliphatic rings. The molecular formula is C13H21ClO2. The van der Waals surface area contributed by atoms with Crippen LogP contribution in [0.4, 0.5) is 0 Å². The first-order chi connectivity index (χ1) is 7.67. The predicted octanol–water partition coefficient (Wildman–Crippen LogP) is 3.76. The minimum Gasteiger partial charge on any atom is -0.493 e. The molecule has 1 aromatic carbocycles. The number of halogens is 1. The lowest BCUT2D eigenvalue weighted by molar-refractivity contribution is 0.354. The molecule has 0 amide bonds. The van der Waals surface area contributed by atoms with E-state index in [1.807, 2.05) is 12.1 Å². The summed E-state index contributed by atoms with van der Waals surface area (Å²) in [6, 6.07) is 6.08. The van der Waals surface area contributed by atoms with Crippen LogP contribution in [0.1, 0.15) is 19.4 Å². The third-order valence-corrected chi connectivity index (χ3v) is 2.09. The van der Waals surface area contributed by atoms with Crippen molar-refractivity contribution in [2.24, 2.45) is 5.92 Å². The molecule has 16 heavy (non-hydrogen) atoms. The second-order valence-electron chi connectivity index (χ2n) is 3.79. The molecule has 0 aromatic heterocycles. The molecule has 0 heterocycles.